The van der Waals surface area contributed by atoms with E-state index in [0.717, 1.165) is 33.0 Å². The van der Waals surface area contributed by atoms with Gasteiger partial charge in [0.25, 0.3) is 0 Å². The molecule has 9 rings (SSSR count). The summed E-state index contributed by atoms with van der Waals surface area (Å²) in [4.78, 5) is 36.2. The maximum absolute atomic E-state index is 11.6. The van der Waals surface area contributed by atoms with Crippen molar-refractivity contribution in [2.75, 3.05) is 0 Å². The fourth-order valence-corrected chi connectivity index (χ4v) is 6.84. The zero-order valence-corrected chi connectivity index (χ0v) is 26.7. The van der Waals surface area contributed by atoms with Crippen LogP contribution in [0.4, 0.5) is 0 Å². The van der Waals surface area contributed by atoms with Crippen molar-refractivity contribution in [3.8, 4) is 45.6 Å². The number of nitrogens with one attached hydrogen (secondary N) is 2. The Hall–Kier alpha value is -5.08. The fourth-order valence-electron chi connectivity index (χ4n) is 6.07. The summed E-state index contributed by atoms with van der Waals surface area (Å²) in [7, 11) is -4.88. The van der Waals surface area contributed by atoms with Gasteiger partial charge in [-0.1, -0.05) is 103 Å². The summed E-state index contributed by atoms with van der Waals surface area (Å²) < 4.78 is 37.4. The molecule has 0 aliphatic carbocycles. The van der Waals surface area contributed by atoms with Gasteiger partial charge in [0.2, 0.25) is 0 Å². The van der Waals surface area contributed by atoms with E-state index >= 15 is 0 Å². The molecule has 3 aromatic heterocycles. The Morgan fingerprint density at radius 2 is 0.958 bits per heavy atom. The van der Waals surface area contributed by atoms with Crippen LogP contribution in [-0.2, 0) is 31.7 Å². The summed E-state index contributed by atoms with van der Waals surface area (Å²) in [5.41, 5.74) is 3.56. The van der Waals surface area contributed by atoms with E-state index in [1.807, 2.05) is 72.8 Å². The average molecular weight is 723 g/mol. The average Bonchev–Trinajstić information content (AvgIpc) is 3.79. The first-order chi connectivity index (χ1) is 22.8. The molecule has 0 amide bonds. The zero-order chi connectivity index (χ0) is 31.9. The zero-order valence-electron chi connectivity index (χ0n) is 24.2. The molecule has 0 spiro atoms. The smallest absolute Gasteiger partial charge is 0.324 e. The minimum Gasteiger partial charge on any atom is -0.324 e. The summed E-state index contributed by atoms with van der Waals surface area (Å²) >= 11 is 6.42. The third kappa shape index (κ3) is 4.94. The van der Waals surface area contributed by atoms with Gasteiger partial charge < -0.3 is 9.97 Å². The molecule has 1 unspecified atom stereocenters. The van der Waals surface area contributed by atoms with Crippen molar-refractivity contribution >= 4 is 66.1 Å². The van der Waals surface area contributed by atoms with Crippen molar-refractivity contribution < 1.29 is 34.2 Å². The molecule has 4 aromatic carbocycles. The van der Waals surface area contributed by atoms with Gasteiger partial charge in [0.1, 0.15) is 22.6 Å². The van der Waals surface area contributed by atoms with Gasteiger partial charge in [0.15, 0.2) is 28.9 Å². The van der Waals surface area contributed by atoms with Gasteiger partial charge in [-0.2, -0.15) is 8.42 Å². The molecule has 8 bridgehead atoms. The third-order valence-corrected chi connectivity index (χ3v) is 8.93. The number of H-pyrrole nitrogens is 2. The van der Waals surface area contributed by atoms with Crippen LogP contribution in [0.3, 0.4) is 0 Å². The van der Waals surface area contributed by atoms with Gasteiger partial charge in [-0.05, 0) is 0 Å². The summed E-state index contributed by atoms with van der Waals surface area (Å²) in [5.74, 6) is 1.67. The molecule has 15 heteroatoms. The molecule has 3 N–H and O–H groups in total. The molecule has 2 aliphatic heterocycles. The Bertz CT molecular complexity index is 2750. The normalized spacial score (nSPS) is 12.8. The molecule has 12 nitrogen and oxygen atoms in total. The number of benzene rings is 4. The number of aromatic amines is 2. The van der Waals surface area contributed by atoms with Gasteiger partial charge in [0, 0.05) is 66.4 Å². The summed E-state index contributed by atoms with van der Waals surface area (Å²) in [5, 5.41) is 2.71. The number of aromatic nitrogens is 8. The van der Waals surface area contributed by atoms with Crippen molar-refractivity contribution in [1.82, 2.24) is 39.9 Å². The molecule has 2 aliphatic rings. The van der Waals surface area contributed by atoms with Gasteiger partial charge in [-0.25, -0.2) is 34.1 Å². The molecule has 5 heterocycles. The first-order valence-electron chi connectivity index (χ1n) is 14.3. The number of nitrogens with zero attached hydrogens (tertiary/aromatic N) is 6. The molecule has 1 radical (unpaired) electrons. The van der Waals surface area contributed by atoms with Gasteiger partial charge >= 0.3 is 10.4 Å². The number of alkyl halides is 1. The van der Waals surface area contributed by atoms with E-state index in [0.29, 0.717) is 51.0 Å². The maximum Gasteiger partial charge on any atom is 0.399 e. The van der Waals surface area contributed by atoms with E-state index in [9.17, 15) is 13.0 Å². The topological polar surface area (TPSA) is 173 Å². The van der Waals surface area contributed by atoms with Crippen LogP contribution in [0.2, 0.25) is 0 Å². The van der Waals surface area contributed by atoms with Crippen LogP contribution in [0.1, 0.15) is 11.1 Å². The van der Waals surface area contributed by atoms with Crippen molar-refractivity contribution in [1.29, 1.82) is 0 Å². The van der Waals surface area contributed by atoms with Gasteiger partial charge in [0.05, 0.1) is 0 Å². The monoisotopic (exact) mass is 721 g/mol. The number of halogens is 1. The van der Waals surface area contributed by atoms with E-state index in [1.54, 1.807) is 18.2 Å². The molecule has 239 valence electrons. The van der Waals surface area contributed by atoms with E-state index < -0.39 is 16.0 Å². The fraction of sp³-hybridized carbons (Fsp3) is 0.0303. The van der Waals surface area contributed by atoms with E-state index in [1.165, 1.54) is 0 Å². The van der Waals surface area contributed by atoms with Gasteiger partial charge in [-0.15, -0.1) is 0 Å². The second-order valence-corrected chi connectivity index (χ2v) is 12.3. The number of hydrogen-bond donors (Lipinski definition) is 3. The summed E-state index contributed by atoms with van der Waals surface area (Å²) in [6.07, 6.45) is 0. The molecule has 0 saturated heterocycles. The Balaban J connectivity index is 0.00000336. The van der Waals surface area contributed by atoms with Crippen molar-refractivity contribution in [3.05, 3.63) is 96.6 Å². The van der Waals surface area contributed by atoms with Crippen molar-refractivity contribution in [2.24, 2.45) is 0 Å². The molecule has 0 saturated carbocycles. The quantitative estimate of drug-likeness (QED) is 0.0987. The maximum atomic E-state index is 11.6. The molecule has 48 heavy (non-hydrogen) atoms. The van der Waals surface area contributed by atoms with Crippen molar-refractivity contribution in [3.63, 3.8) is 0 Å². The number of fused-ring (bicyclic) bond motifs is 20. The van der Waals surface area contributed by atoms with E-state index in [4.69, 9.17) is 45.7 Å². The first kappa shape index (κ1) is 30.3. The standard InChI is InChI=1S/C33H19ClN8O4S.Cu/c34-25(46-47(43,44)45)22-14-7-15-23-24(22)33-41-31-21-13-6-5-12-20(21)29(39-31)37-27-17-9-2-1-8-16(17)26(35-27)36-28-18-10-3-4-11-19(18)30(38-28)40-32(23)42-33;/h1-15,25H,(H,43,44,45)(H2,35,36,37,38,39,40,41,42);. The minimum absolute atomic E-state index is 0. The van der Waals surface area contributed by atoms with E-state index in [-0.39, 0.29) is 28.3 Å². The Kier molecular flexibility index (Phi) is 7.11. The second-order valence-electron chi connectivity index (χ2n) is 10.9. The molecule has 1 atom stereocenters. The Morgan fingerprint density at radius 1 is 0.562 bits per heavy atom. The van der Waals surface area contributed by atoms with Crippen LogP contribution in [0, 0.1) is 0 Å². The Morgan fingerprint density at radius 3 is 1.44 bits per heavy atom. The second kappa shape index (κ2) is 11.3. The van der Waals surface area contributed by atoms with E-state index in [2.05, 4.69) is 9.97 Å². The van der Waals surface area contributed by atoms with Crippen LogP contribution in [0.15, 0.2) is 91.0 Å². The largest absolute Gasteiger partial charge is 0.399 e. The summed E-state index contributed by atoms with van der Waals surface area (Å²) in [6.45, 7) is 0. The summed E-state index contributed by atoms with van der Waals surface area (Å²) in [6, 6.07) is 28.1. The SMILES string of the molecule is O=S(=O)(O)OC(Cl)c1cccc2c3nc4nc(nc5[nH]c(nc6nc(nc([nH]3)c12)-c1ccccc1-6)c1ccccc51)-c1ccccc1-4.[Cu]. The molecular weight excluding hydrogens is 703 g/mol. The van der Waals surface area contributed by atoms with Crippen LogP contribution in [0.5, 0.6) is 0 Å². The first-order valence-corrected chi connectivity index (χ1v) is 16.1. The van der Waals surface area contributed by atoms with Crippen LogP contribution in [0.25, 0.3) is 89.7 Å². The van der Waals surface area contributed by atoms with Crippen molar-refractivity contribution in [2.45, 2.75) is 5.56 Å². The van der Waals surface area contributed by atoms with Crippen LogP contribution >= 0.6 is 11.6 Å². The molecule has 7 aromatic rings. The van der Waals surface area contributed by atoms with Crippen LogP contribution in [-0.4, -0.2) is 52.8 Å². The minimum atomic E-state index is -4.88. The number of hydrogen-bond acceptors (Lipinski definition) is 9. The number of rotatable bonds is 3. The molecular formula is C33H19ClCuN8O4S. The van der Waals surface area contributed by atoms with Crippen LogP contribution < -0.4 is 0 Å². The molecule has 0 fully saturated rings. The van der Waals surface area contributed by atoms with Gasteiger partial charge in [-0.3, -0.25) is 4.55 Å². The Labute approximate surface area is 286 Å². The predicted molar refractivity (Wildman–Crippen MR) is 177 cm³/mol. The third-order valence-electron chi connectivity index (χ3n) is 8.06. The predicted octanol–water partition coefficient (Wildman–Crippen LogP) is 6.92.